The largest absolute Gasteiger partial charge is 0.478 e. The molecular weight excluding hydrogens is 510 g/mol. The molecule has 5 heterocycles. The fourth-order valence-electron chi connectivity index (χ4n) is 5.44. The molecular formula is C30H35N5O3S. The highest BCUT2D eigenvalue weighted by molar-refractivity contribution is 8.20. The Morgan fingerprint density at radius 3 is 2.62 bits per heavy atom. The summed E-state index contributed by atoms with van der Waals surface area (Å²) in [7, 11) is 1.50. The van der Waals surface area contributed by atoms with Crippen LogP contribution in [-0.4, -0.2) is 82.5 Å². The van der Waals surface area contributed by atoms with E-state index in [4.69, 9.17) is 9.72 Å². The molecule has 9 heteroatoms. The number of piperazine rings is 1. The predicted molar refractivity (Wildman–Crippen MR) is 154 cm³/mol. The Morgan fingerprint density at radius 2 is 1.82 bits per heavy atom. The van der Waals surface area contributed by atoms with Crippen molar-refractivity contribution in [2.24, 2.45) is 0 Å². The minimum atomic E-state index is -1.05. The number of likely N-dealkylation sites (N-methyl/N-ethyl adjacent to an activating group) is 1. The third kappa shape index (κ3) is 5.86. The van der Waals surface area contributed by atoms with Gasteiger partial charge in [-0.15, -0.1) is 0 Å². The summed E-state index contributed by atoms with van der Waals surface area (Å²) in [6, 6.07) is 16.6. The van der Waals surface area contributed by atoms with Gasteiger partial charge >= 0.3 is 5.97 Å². The van der Waals surface area contributed by atoms with Crippen LogP contribution in [0.15, 0.2) is 65.3 Å². The number of hydrogen-bond acceptors (Lipinski definition) is 7. The first-order valence-corrected chi connectivity index (χ1v) is 15.1. The number of aliphatic carboxylic acids is 1. The summed E-state index contributed by atoms with van der Waals surface area (Å²) < 4.78 is 6.23. The van der Waals surface area contributed by atoms with E-state index in [0.717, 1.165) is 77.9 Å². The summed E-state index contributed by atoms with van der Waals surface area (Å²) in [6.45, 7) is 6.83. The smallest absolute Gasteiger partial charge is 0.345 e. The van der Waals surface area contributed by atoms with Gasteiger partial charge in [-0.2, -0.15) is 10.9 Å². The molecule has 1 fully saturated rings. The maximum Gasteiger partial charge on any atom is 0.345 e. The third-order valence-corrected chi connectivity index (χ3v) is 9.87. The highest BCUT2D eigenvalue weighted by atomic mass is 32.2. The molecule has 0 aliphatic carbocycles. The molecule has 0 amide bonds. The minimum Gasteiger partial charge on any atom is -0.478 e. The Kier molecular flexibility index (Phi) is 7.65. The first-order valence-electron chi connectivity index (χ1n) is 13.6. The van der Waals surface area contributed by atoms with Gasteiger partial charge in [-0.05, 0) is 40.5 Å². The summed E-state index contributed by atoms with van der Waals surface area (Å²) in [5.74, 6) is 0.359. The van der Waals surface area contributed by atoms with Crippen LogP contribution < -0.4 is 10.1 Å². The lowest BCUT2D eigenvalue weighted by Crippen LogP contribution is -2.45. The number of fused-ring (bicyclic) bond motifs is 6. The minimum absolute atomic E-state index is 0.257. The van der Waals surface area contributed by atoms with E-state index in [0.29, 0.717) is 12.4 Å². The van der Waals surface area contributed by atoms with Crippen LogP contribution in [0.2, 0.25) is 0 Å². The number of benzene rings is 2. The summed E-state index contributed by atoms with van der Waals surface area (Å²) in [4.78, 5) is 26.5. The van der Waals surface area contributed by atoms with Gasteiger partial charge in [-0.25, -0.2) is 14.8 Å². The SMILES string of the molecule is CN1CCN(CC[SH]2C=C3c4ccc(cc4)CNCc4cccc(c4)CC(C(=O)O)Oc4ncnc2c43)CC1. The Hall–Kier alpha value is -3.24. The number of aromatic nitrogens is 2. The van der Waals surface area contributed by atoms with Gasteiger partial charge in [0, 0.05) is 57.8 Å². The zero-order valence-electron chi connectivity index (χ0n) is 22.2. The second kappa shape index (κ2) is 11.5. The number of nitrogens with one attached hydrogen (secondary N) is 1. The third-order valence-electron chi connectivity index (χ3n) is 7.74. The summed E-state index contributed by atoms with van der Waals surface area (Å²) in [5.41, 5.74) is 6.22. The Labute approximate surface area is 232 Å². The van der Waals surface area contributed by atoms with Crippen LogP contribution in [-0.2, 0) is 24.3 Å². The predicted octanol–water partition coefficient (Wildman–Crippen LogP) is 3.16. The van der Waals surface area contributed by atoms with Crippen molar-refractivity contribution in [3.63, 3.8) is 0 Å². The van der Waals surface area contributed by atoms with Crippen LogP contribution in [0.4, 0.5) is 0 Å². The number of rotatable bonds is 4. The quantitative estimate of drug-likeness (QED) is 0.340. The molecule has 0 saturated carbocycles. The first kappa shape index (κ1) is 26.0. The van der Waals surface area contributed by atoms with Gasteiger partial charge in [0.05, 0.1) is 10.6 Å². The maximum absolute atomic E-state index is 12.3. The zero-order chi connectivity index (χ0) is 26.8. The molecule has 39 heavy (non-hydrogen) atoms. The van der Waals surface area contributed by atoms with Gasteiger partial charge in [0.2, 0.25) is 12.0 Å². The van der Waals surface area contributed by atoms with Crippen LogP contribution in [0.25, 0.3) is 5.57 Å². The molecule has 4 aliphatic rings. The monoisotopic (exact) mass is 545 g/mol. The second-order valence-electron chi connectivity index (χ2n) is 10.5. The van der Waals surface area contributed by atoms with Crippen molar-refractivity contribution in [1.82, 2.24) is 25.1 Å². The Balaban J connectivity index is 1.36. The first-order chi connectivity index (χ1) is 19.0. The van der Waals surface area contributed by atoms with E-state index in [1.165, 1.54) is 11.9 Å². The average Bonchev–Trinajstić information content (AvgIpc) is 3.32. The summed E-state index contributed by atoms with van der Waals surface area (Å²) in [6.07, 6.45) is 0.733. The van der Waals surface area contributed by atoms with Crippen LogP contribution >= 0.6 is 10.9 Å². The number of carboxylic acids is 1. The number of thiol groups is 1. The van der Waals surface area contributed by atoms with E-state index in [2.05, 4.69) is 69.0 Å². The fourth-order valence-corrected chi connectivity index (χ4v) is 7.70. The van der Waals surface area contributed by atoms with Crippen molar-refractivity contribution in [1.29, 1.82) is 0 Å². The molecule has 0 spiro atoms. The highest BCUT2D eigenvalue weighted by Gasteiger charge is 2.31. The maximum atomic E-state index is 12.3. The van der Waals surface area contributed by atoms with E-state index < -0.39 is 23.0 Å². The van der Waals surface area contributed by atoms with Gasteiger partial charge < -0.3 is 25.0 Å². The molecule has 0 radical (unpaired) electrons. The Bertz CT molecular complexity index is 1370. The molecule has 2 aromatic carbocycles. The van der Waals surface area contributed by atoms with E-state index in [1.807, 2.05) is 12.1 Å². The molecule has 1 saturated heterocycles. The van der Waals surface area contributed by atoms with E-state index in [1.54, 1.807) is 0 Å². The molecule has 2 N–H and O–H groups in total. The standard InChI is InChI=1S/C30H35N5O3S/c1-34-9-11-35(12-10-34)13-14-39-19-25-24-7-5-21(6-8-24)17-31-18-23-4-2-3-22(15-23)16-26(30(36)37)38-28-27(25)29(39)33-20-32-28/h2-8,15,19-20,26,31,39H,9-14,16-18H2,1H3,(H,36,37). The fraction of sp³-hybridized carbons (Fsp3) is 0.367. The van der Waals surface area contributed by atoms with Crippen LogP contribution in [0.1, 0.15) is 27.8 Å². The van der Waals surface area contributed by atoms with Crippen molar-refractivity contribution in [2.45, 2.75) is 30.6 Å². The number of carboxylic acid groups (broad SMARTS) is 1. The van der Waals surface area contributed by atoms with Crippen molar-refractivity contribution in [3.05, 3.63) is 88.1 Å². The highest BCUT2D eigenvalue weighted by Crippen LogP contribution is 2.53. The topological polar surface area (TPSA) is 90.8 Å². The average molecular weight is 546 g/mol. The lowest BCUT2D eigenvalue weighted by Gasteiger charge is -2.33. The van der Waals surface area contributed by atoms with Gasteiger partial charge in [0.1, 0.15) is 6.33 Å². The van der Waals surface area contributed by atoms with Gasteiger partial charge in [0.15, 0.2) is 0 Å². The molecule has 2 atom stereocenters. The van der Waals surface area contributed by atoms with Crippen molar-refractivity contribution < 1.29 is 14.6 Å². The molecule has 204 valence electrons. The zero-order valence-corrected chi connectivity index (χ0v) is 23.1. The second-order valence-corrected chi connectivity index (χ2v) is 12.6. The molecule has 7 rings (SSSR count). The molecule has 3 aromatic rings. The number of ether oxygens (including phenoxy) is 1. The summed E-state index contributed by atoms with van der Waals surface area (Å²) >= 11 is 0. The van der Waals surface area contributed by atoms with Crippen LogP contribution in [0.3, 0.4) is 0 Å². The summed E-state index contributed by atoms with van der Waals surface area (Å²) in [5, 5.41) is 16.9. The Morgan fingerprint density at radius 1 is 1.05 bits per heavy atom. The van der Waals surface area contributed by atoms with E-state index in [-0.39, 0.29) is 6.42 Å². The molecule has 1 aromatic heterocycles. The van der Waals surface area contributed by atoms with E-state index in [9.17, 15) is 9.90 Å². The van der Waals surface area contributed by atoms with Crippen LogP contribution in [0.5, 0.6) is 5.88 Å². The molecule has 8 nitrogen and oxygen atoms in total. The van der Waals surface area contributed by atoms with Gasteiger partial charge in [-0.3, -0.25) is 0 Å². The van der Waals surface area contributed by atoms with Crippen LogP contribution in [0, 0.1) is 0 Å². The van der Waals surface area contributed by atoms with Crippen molar-refractivity contribution >= 4 is 22.4 Å². The van der Waals surface area contributed by atoms with E-state index >= 15 is 0 Å². The van der Waals surface area contributed by atoms with Crippen molar-refractivity contribution in [3.8, 4) is 5.88 Å². The van der Waals surface area contributed by atoms with Gasteiger partial charge in [0.25, 0.3) is 0 Å². The number of nitrogens with zero attached hydrogens (tertiary/aromatic N) is 4. The normalized spacial score (nSPS) is 22.6. The van der Waals surface area contributed by atoms with Gasteiger partial charge in [-0.1, -0.05) is 48.5 Å². The molecule has 4 bridgehead atoms. The molecule has 2 unspecified atom stereocenters. The number of hydrogen-bond donors (Lipinski definition) is 3. The molecule has 4 aliphatic heterocycles. The van der Waals surface area contributed by atoms with Crippen molar-refractivity contribution in [2.75, 3.05) is 45.5 Å². The lowest BCUT2D eigenvalue weighted by molar-refractivity contribution is -0.145. The number of carbonyl (C=O) groups is 1. The lowest BCUT2D eigenvalue weighted by atomic mass is 10.00.